The number of hydrogen-bond acceptors (Lipinski definition) is 3. The average molecular weight is 170 g/mol. The second-order valence-corrected chi connectivity index (χ2v) is 3.81. The number of nitrogens with zero attached hydrogens (tertiary/aromatic N) is 1. The van der Waals surface area contributed by atoms with Crippen LogP contribution in [0.5, 0.6) is 0 Å². The van der Waals surface area contributed by atoms with Crippen LogP contribution >= 0.6 is 11.3 Å². The number of rotatable bonds is 3. The Morgan fingerprint density at radius 3 is 2.91 bits per heavy atom. The molecule has 0 amide bonds. The van der Waals surface area contributed by atoms with Crippen molar-refractivity contribution < 1.29 is 0 Å². The first-order valence-electron chi connectivity index (χ1n) is 3.80. The Hall–Kier alpha value is -0.410. The number of nitrogens with one attached hydrogen (secondary N) is 1. The molecule has 0 aliphatic heterocycles. The second kappa shape index (κ2) is 3.83. The van der Waals surface area contributed by atoms with Gasteiger partial charge in [0.05, 0.1) is 10.7 Å². The van der Waals surface area contributed by atoms with E-state index in [1.165, 1.54) is 5.69 Å². The number of thiazole rings is 1. The first-order valence-corrected chi connectivity index (χ1v) is 4.68. The lowest BCUT2D eigenvalue weighted by molar-refractivity contribution is 0.602. The Labute approximate surface area is 71.7 Å². The van der Waals surface area contributed by atoms with Crippen LogP contribution in [0.25, 0.3) is 0 Å². The number of hydrogen-bond donors (Lipinski definition) is 1. The zero-order valence-electron chi connectivity index (χ0n) is 7.22. The van der Waals surface area contributed by atoms with Gasteiger partial charge in [0.2, 0.25) is 0 Å². The highest BCUT2D eigenvalue weighted by molar-refractivity contribution is 7.09. The molecule has 2 nitrogen and oxygen atoms in total. The van der Waals surface area contributed by atoms with Crippen molar-refractivity contribution in [3.05, 3.63) is 16.1 Å². The van der Waals surface area contributed by atoms with Gasteiger partial charge in [-0.1, -0.05) is 0 Å². The topological polar surface area (TPSA) is 24.9 Å². The summed E-state index contributed by atoms with van der Waals surface area (Å²) in [6, 6.07) is 0.525. The maximum atomic E-state index is 4.38. The second-order valence-electron chi connectivity index (χ2n) is 2.75. The van der Waals surface area contributed by atoms with Gasteiger partial charge in [0.25, 0.3) is 0 Å². The van der Waals surface area contributed by atoms with Gasteiger partial charge < -0.3 is 5.32 Å². The minimum absolute atomic E-state index is 0.525. The van der Waals surface area contributed by atoms with Gasteiger partial charge in [-0.05, 0) is 20.9 Å². The molecule has 1 unspecified atom stereocenters. The monoisotopic (exact) mass is 170 g/mol. The Kier molecular flexibility index (Phi) is 3.02. The van der Waals surface area contributed by atoms with E-state index >= 15 is 0 Å². The Morgan fingerprint density at radius 1 is 1.73 bits per heavy atom. The molecule has 1 rings (SSSR count). The number of aromatic nitrogens is 1. The summed E-state index contributed by atoms with van der Waals surface area (Å²) in [5.41, 5.74) is 1.20. The molecule has 1 aromatic heterocycles. The lowest BCUT2D eigenvalue weighted by atomic mass is 10.2. The highest BCUT2D eigenvalue weighted by atomic mass is 32.1. The van der Waals surface area contributed by atoms with E-state index in [0.717, 1.165) is 11.4 Å². The van der Waals surface area contributed by atoms with E-state index < -0.39 is 0 Å². The minimum Gasteiger partial charge on any atom is -0.317 e. The molecule has 0 aromatic carbocycles. The summed E-state index contributed by atoms with van der Waals surface area (Å²) in [4.78, 5) is 4.38. The smallest absolute Gasteiger partial charge is 0.0897 e. The van der Waals surface area contributed by atoms with Crippen LogP contribution in [0.1, 0.15) is 17.6 Å². The third kappa shape index (κ3) is 2.60. The third-order valence-corrected chi connectivity index (χ3v) is 2.50. The van der Waals surface area contributed by atoms with Gasteiger partial charge in [0.15, 0.2) is 0 Å². The molecule has 0 saturated carbocycles. The van der Waals surface area contributed by atoms with E-state index in [2.05, 4.69) is 22.6 Å². The van der Waals surface area contributed by atoms with E-state index in [4.69, 9.17) is 0 Å². The van der Waals surface area contributed by atoms with Gasteiger partial charge in [-0.25, -0.2) is 4.98 Å². The molecule has 62 valence electrons. The van der Waals surface area contributed by atoms with E-state index in [1.54, 1.807) is 11.3 Å². The summed E-state index contributed by atoms with van der Waals surface area (Å²) < 4.78 is 0. The molecular weight excluding hydrogens is 156 g/mol. The van der Waals surface area contributed by atoms with Crippen LogP contribution in [0.3, 0.4) is 0 Å². The van der Waals surface area contributed by atoms with Crippen molar-refractivity contribution in [2.75, 3.05) is 7.05 Å². The van der Waals surface area contributed by atoms with E-state index in [-0.39, 0.29) is 0 Å². The molecule has 0 aliphatic rings. The van der Waals surface area contributed by atoms with Gasteiger partial charge in [-0.3, -0.25) is 0 Å². The van der Waals surface area contributed by atoms with Crippen LogP contribution in [0.2, 0.25) is 0 Å². The first kappa shape index (κ1) is 8.68. The molecule has 1 heterocycles. The molecule has 0 spiro atoms. The molecule has 1 aromatic rings. The maximum absolute atomic E-state index is 4.38. The molecule has 3 heteroatoms. The molecule has 0 radical (unpaired) electrons. The normalized spacial score (nSPS) is 13.4. The van der Waals surface area contributed by atoms with Crippen LogP contribution in [0, 0.1) is 6.92 Å². The van der Waals surface area contributed by atoms with E-state index in [1.807, 2.05) is 14.0 Å². The molecule has 11 heavy (non-hydrogen) atoms. The quantitative estimate of drug-likeness (QED) is 0.745. The predicted molar refractivity (Wildman–Crippen MR) is 49.1 cm³/mol. The van der Waals surface area contributed by atoms with Crippen LogP contribution in [-0.2, 0) is 6.42 Å². The summed E-state index contributed by atoms with van der Waals surface area (Å²) in [7, 11) is 1.98. The predicted octanol–water partition coefficient (Wildman–Crippen LogP) is 1.60. The number of likely N-dealkylation sites (N-methyl/N-ethyl adjacent to an activating group) is 1. The summed E-state index contributed by atoms with van der Waals surface area (Å²) >= 11 is 1.72. The minimum atomic E-state index is 0.525. The van der Waals surface area contributed by atoms with Crippen molar-refractivity contribution in [3.8, 4) is 0 Å². The molecule has 1 N–H and O–H groups in total. The van der Waals surface area contributed by atoms with Crippen LogP contribution in [0.4, 0.5) is 0 Å². The fourth-order valence-electron chi connectivity index (χ4n) is 0.918. The van der Waals surface area contributed by atoms with Gasteiger partial charge >= 0.3 is 0 Å². The molecule has 0 saturated heterocycles. The Morgan fingerprint density at radius 2 is 2.45 bits per heavy atom. The highest BCUT2D eigenvalue weighted by Gasteiger charge is 2.02. The molecule has 1 atom stereocenters. The third-order valence-electron chi connectivity index (χ3n) is 1.67. The van der Waals surface area contributed by atoms with Gasteiger partial charge in [0.1, 0.15) is 0 Å². The Bertz CT molecular complexity index is 220. The van der Waals surface area contributed by atoms with Crippen molar-refractivity contribution in [3.63, 3.8) is 0 Å². The maximum Gasteiger partial charge on any atom is 0.0897 e. The standard InChI is InChI=1S/C8H14N2S/c1-6(9-3)4-8-5-11-7(2)10-8/h5-6,9H,4H2,1-3H3. The van der Waals surface area contributed by atoms with Crippen molar-refractivity contribution in [2.24, 2.45) is 0 Å². The lowest BCUT2D eigenvalue weighted by Gasteiger charge is -2.06. The molecule has 0 fully saturated rings. The average Bonchev–Trinajstić information content (AvgIpc) is 2.35. The molecular formula is C8H14N2S. The van der Waals surface area contributed by atoms with Crippen molar-refractivity contribution in [1.29, 1.82) is 0 Å². The summed E-state index contributed by atoms with van der Waals surface area (Å²) in [6.45, 7) is 4.20. The highest BCUT2D eigenvalue weighted by Crippen LogP contribution is 2.09. The number of aryl methyl sites for hydroxylation is 1. The van der Waals surface area contributed by atoms with Crippen LogP contribution < -0.4 is 5.32 Å². The lowest BCUT2D eigenvalue weighted by Crippen LogP contribution is -2.23. The fourth-order valence-corrected chi connectivity index (χ4v) is 1.54. The zero-order chi connectivity index (χ0) is 8.27. The first-order chi connectivity index (χ1) is 5.22. The SMILES string of the molecule is CNC(C)Cc1csc(C)n1. The summed E-state index contributed by atoms with van der Waals surface area (Å²) in [5.74, 6) is 0. The fraction of sp³-hybridized carbons (Fsp3) is 0.625. The largest absolute Gasteiger partial charge is 0.317 e. The van der Waals surface area contributed by atoms with Crippen LogP contribution in [-0.4, -0.2) is 18.1 Å². The van der Waals surface area contributed by atoms with Crippen molar-refractivity contribution in [1.82, 2.24) is 10.3 Å². The molecule has 0 bridgehead atoms. The van der Waals surface area contributed by atoms with Gasteiger partial charge in [-0.2, -0.15) is 0 Å². The Balaban J connectivity index is 2.50. The van der Waals surface area contributed by atoms with E-state index in [9.17, 15) is 0 Å². The van der Waals surface area contributed by atoms with E-state index in [0.29, 0.717) is 6.04 Å². The molecule has 0 aliphatic carbocycles. The van der Waals surface area contributed by atoms with Crippen molar-refractivity contribution >= 4 is 11.3 Å². The summed E-state index contributed by atoms with van der Waals surface area (Å²) in [5, 5.41) is 6.47. The van der Waals surface area contributed by atoms with Gasteiger partial charge in [0, 0.05) is 17.8 Å². The zero-order valence-corrected chi connectivity index (χ0v) is 8.03. The van der Waals surface area contributed by atoms with Gasteiger partial charge in [-0.15, -0.1) is 11.3 Å². The summed E-state index contributed by atoms with van der Waals surface area (Å²) in [6.07, 6.45) is 1.03. The van der Waals surface area contributed by atoms with Crippen molar-refractivity contribution in [2.45, 2.75) is 26.3 Å². The van der Waals surface area contributed by atoms with Crippen LogP contribution in [0.15, 0.2) is 5.38 Å².